The third kappa shape index (κ3) is 5.07. The normalized spacial score (nSPS) is 13.4. The molecule has 0 spiro atoms. The monoisotopic (exact) mass is 770 g/mol. The van der Waals surface area contributed by atoms with Crippen LogP contribution in [-0.4, -0.2) is 21.5 Å². The maximum atomic E-state index is 6.52. The number of pyridine rings is 1. The molecule has 0 saturated carbocycles. The zero-order valence-electron chi connectivity index (χ0n) is 25.7. The molecule has 0 fully saturated rings. The molecule has 1 aliphatic rings. The molecule has 0 atom stereocenters. The second kappa shape index (κ2) is 10.8. The van der Waals surface area contributed by atoms with E-state index in [0.717, 1.165) is 60.8 Å². The van der Waals surface area contributed by atoms with Gasteiger partial charge in [0.05, 0.1) is 0 Å². The molecule has 0 aliphatic carbocycles. The second-order valence-corrected chi connectivity index (χ2v) is 12.5. The van der Waals surface area contributed by atoms with Gasteiger partial charge in [0, 0.05) is 61.1 Å². The standard InChI is InChI=1S/C38H31N4O2.Pt/c1-24-10-13-35-31(16-24)32-22-39-37(21-36(32)44-35)42-33-9-7-6-8-29(33)30-12-11-27(20-34(30)42)43-28-18-25(38(2,3)4)17-26(19-28)41-15-14-40(5)23-41;/h6-18,21-23H,1-5H3;/q-3;. The first-order chi connectivity index (χ1) is 21.2. The van der Waals surface area contributed by atoms with Gasteiger partial charge in [0.15, 0.2) is 0 Å². The van der Waals surface area contributed by atoms with Crippen molar-refractivity contribution < 1.29 is 30.2 Å². The van der Waals surface area contributed by atoms with Crippen LogP contribution in [0.5, 0.6) is 11.5 Å². The average molecular weight is 771 g/mol. The summed E-state index contributed by atoms with van der Waals surface area (Å²) in [6, 6.07) is 32.0. The molecule has 45 heavy (non-hydrogen) atoms. The van der Waals surface area contributed by atoms with Crippen molar-refractivity contribution in [2.24, 2.45) is 0 Å². The third-order valence-corrected chi connectivity index (χ3v) is 8.25. The SMILES string of the molecule is Cc1ccc2oc3cc(-n4c5[c-]c(Oc6[c-]c(N7C=CN(C)[CH-]7)cc(C(C)(C)C)c6)ccc5c5ccccc54)ncc3c2c1.[Pt]. The van der Waals surface area contributed by atoms with Crippen LogP contribution in [0.4, 0.5) is 5.69 Å². The van der Waals surface area contributed by atoms with Gasteiger partial charge in [-0.25, -0.2) is 4.98 Å². The molecule has 7 heteroatoms. The van der Waals surface area contributed by atoms with Crippen molar-refractivity contribution in [3.63, 3.8) is 0 Å². The number of hydrogen-bond donors (Lipinski definition) is 0. The maximum Gasteiger partial charge on any atom is 0.140 e. The summed E-state index contributed by atoms with van der Waals surface area (Å²) in [6.07, 6.45) is 5.94. The molecular weight excluding hydrogens is 740 g/mol. The smallest absolute Gasteiger partial charge is 0.140 e. The zero-order valence-corrected chi connectivity index (χ0v) is 27.9. The van der Waals surface area contributed by atoms with Gasteiger partial charge >= 0.3 is 0 Å². The Balaban J connectivity index is 0.00000325. The number of rotatable bonds is 4. The van der Waals surface area contributed by atoms with Crippen molar-refractivity contribution in [3.8, 4) is 17.3 Å². The minimum Gasteiger partial charge on any atom is -0.510 e. The van der Waals surface area contributed by atoms with Gasteiger partial charge in [0.25, 0.3) is 0 Å². The Morgan fingerprint density at radius 2 is 1.67 bits per heavy atom. The van der Waals surface area contributed by atoms with Crippen molar-refractivity contribution in [2.45, 2.75) is 33.1 Å². The number of ether oxygens (including phenoxy) is 1. The fraction of sp³-hybridized carbons (Fsp3) is 0.158. The summed E-state index contributed by atoms with van der Waals surface area (Å²) >= 11 is 0. The zero-order chi connectivity index (χ0) is 30.2. The summed E-state index contributed by atoms with van der Waals surface area (Å²) in [7, 11) is 2.01. The molecule has 228 valence electrons. The molecule has 6 nitrogen and oxygen atoms in total. The van der Waals surface area contributed by atoms with E-state index in [1.807, 2.05) is 66.4 Å². The number of aromatic nitrogens is 2. The fourth-order valence-electron chi connectivity index (χ4n) is 5.94. The van der Waals surface area contributed by atoms with Gasteiger partial charge in [-0.3, -0.25) is 0 Å². The summed E-state index contributed by atoms with van der Waals surface area (Å²) < 4.78 is 14.9. The van der Waals surface area contributed by atoms with Crippen molar-refractivity contribution in [1.29, 1.82) is 0 Å². The first-order valence-corrected chi connectivity index (χ1v) is 14.8. The minimum atomic E-state index is -0.0724. The van der Waals surface area contributed by atoms with Crippen molar-refractivity contribution in [3.05, 3.63) is 121 Å². The number of hydrogen-bond acceptors (Lipinski definition) is 5. The quantitative estimate of drug-likeness (QED) is 0.167. The fourth-order valence-corrected chi connectivity index (χ4v) is 5.94. The van der Waals surface area contributed by atoms with Gasteiger partial charge in [-0.05, 0) is 55.4 Å². The van der Waals surface area contributed by atoms with Crippen LogP contribution in [0, 0.1) is 25.7 Å². The molecule has 4 aromatic carbocycles. The largest absolute Gasteiger partial charge is 0.510 e. The van der Waals surface area contributed by atoms with E-state index < -0.39 is 0 Å². The van der Waals surface area contributed by atoms with Crippen LogP contribution in [0.1, 0.15) is 31.9 Å². The second-order valence-electron chi connectivity index (χ2n) is 12.5. The Morgan fingerprint density at radius 1 is 0.822 bits per heavy atom. The Morgan fingerprint density at radius 3 is 2.47 bits per heavy atom. The van der Waals surface area contributed by atoms with E-state index in [1.54, 1.807) is 0 Å². The van der Waals surface area contributed by atoms with Crippen LogP contribution < -0.4 is 9.64 Å². The van der Waals surface area contributed by atoms with Crippen LogP contribution in [0.15, 0.2) is 95.8 Å². The topological polar surface area (TPSA) is 46.7 Å². The number of benzene rings is 4. The van der Waals surface area contributed by atoms with Crippen LogP contribution >= 0.6 is 0 Å². The Hall–Kier alpha value is -4.54. The number of fused-ring (bicyclic) bond motifs is 6. The van der Waals surface area contributed by atoms with E-state index in [4.69, 9.17) is 14.1 Å². The number of nitrogens with zero attached hydrogens (tertiary/aromatic N) is 4. The summed E-state index contributed by atoms with van der Waals surface area (Å²) in [4.78, 5) is 8.99. The van der Waals surface area contributed by atoms with Crippen LogP contribution in [0.3, 0.4) is 0 Å². The number of aryl methyl sites for hydroxylation is 1. The van der Waals surface area contributed by atoms with Crippen molar-refractivity contribution >= 4 is 49.4 Å². The molecule has 0 bridgehead atoms. The predicted octanol–water partition coefficient (Wildman–Crippen LogP) is 9.42. The van der Waals surface area contributed by atoms with Crippen LogP contribution in [0.25, 0.3) is 49.6 Å². The van der Waals surface area contributed by atoms with E-state index in [2.05, 4.69) is 92.9 Å². The molecule has 3 aromatic heterocycles. The number of para-hydroxylation sites is 1. The Kier molecular flexibility index (Phi) is 7.01. The average Bonchev–Trinajstić information content (AvgIpc) is 3.69. The molecule has 0 N–H and O–H groups in total. The summed E-state index contributed by atoms with van der Waals surface area (Å²) in [5.41, 5.74) is 6.77. The first kappa shape index (κ1) is 29.2. The minimum absolute atomic E-state index is 0. The van der Waals surface area contributed by atoms with Gasteiger partial charge in [-0.1, -0.05) is 56.1 Å². The summed E-state index contributed by atoms with van der Waals surface area (Å²) in [5, 5.41) is 4.27. The molecule has 0 radical (unpaired) electrons. The third-order valence-electron chi connectivity index (χ3n) is 8.25. The van der Waals surface area contributed by atoms with Crippen molar-refractivity contribution in [2.75, 3.05) is 11.9 Å². The van der Waals surface area contributed by atoms with Gasteiger partial charge in [-0.15, -0.1) is 47.0 Å². The molecule has 8 rings (SSSR count). The van der Waals surface area contributed by atoms with E-state index >= 15 is 0 Å². The van der Waals surface area contributed by atoms with E-state index in [1.165, 1.54) is 5.56 Å². The van der Waals surface area contributed by atoms with Crippen molar-refractivity contribution in [1.82, 2.24) is 14.5 Å². The molecule has 4 heterocycles. The van der Waals surface area contributed by atoms with E-state index in [9.17, 15) is 0 Å². The van der Waals surface area contributed by atoms with Crippen LogP contribution in [-0.2, 0) is 26.5 Å². The van der Waals surface area contributed by atoms with E-state index in [0.29, 0.717) is 11.5 Å². The molecular formula is C38H31N4O2Pt-3. The van der Waals surface area contributed by atoms with Gasteiger partial charge in [0.2, 0.25) is 0 Å². The Bertz CT molecular complexity index is 2270. The predicted molar refractivity (Wildman–Crippen MR) is 177 cm³/mol. The summed E-state index contributed by atoms with van der Waals surface area (Å²) in [5.74, 6) is 2.00. The first-order valence-electron chi connectivity index (χ1n) is 14.8. The molecule has 1 aliphatic heterocycles. The molecule has 0 amide bonds. The number of anilines is 1. The molecule has 0 unspecified atom stereocenters. The maximum absolute atomic E-state index is 6.52. The Labute approximate surface area is 276 Å². The van der Waals surface area contributed by atoms with Gasteiger partial charge in [-0.2, -0.15) is 12.7 Å². The molecule has 7 aromatic rings. The van der Waals surface area contributed by atoms with Gasteiger partial charge in [0.1, 0.15) is 17.0 Å². The van der Waals surface area contributed by atoms with E-state index in [-0.39, 0.29) is 26.5 Å². The molecule has 0 saturated heterocycles. The van der Waals surface area contributed by atoms with Crippen LogP contribution in [0.2, 0.25) is 0 Å². The van der Waals surface area contributed by atoms with Gasteiger partial charge < -0.3 is 23.5 Å². The summed E-state index contributed by atoms with van der Waals surface area (Å²) in [6.45, 7) is 10.7. The number of furan rings is 1.